The van der Waals surface area contributed by atoms with Gasteiger partial charge in [-0.05, 0) is 50.6 Å². The Morgan fingerprint density at radius 3 is 2.41 bits per heavy atom. The van der Waals surface area contributed by atoms with Crippen molar-refractivity contribution >= 4 is 11.6 Å². The van der Waals surface area contributed by atoms with E-state index < -0.39 is 0 Å². The number of hydrogen-bond donors (Lipinski definition) is 0. The van der Waals surface area contributed by atoms with Crippen molar-refractivity contribution in [3.8, 4) is 11.8 Å². The lowest BCUT2D eigenvalue weighted by Gasteiger charge is -2.12. The van der Waals surface area contributed by atoms with Gasteiger partial charge < -0.3 is 4.57 Å². The molecule has 0 amide bonds. The number of halogens is 1. The number of hydrogen-bond acceptors (Lipinski definition) is 1. The maximum atomic E-state index is 9.03. The van der Waals surface area contributed by atoms with E-state index in [1.165, 1.54) is 0 Å². The predicted octanol–water partition coefficient (Wildman–Crippen LogP) is 3.93. The van der Waals surface area contributed by atoms with Gasteiger partial charge in [-0.3, -0.25) is 0 Å². The van der Waals surface area contributed by atoms with E-state index >= 15 is 0 Å². The number of aryl methyl sites for hydroxylation is 2. The molecule has 0 spiro atoms. The fourth-order valence-corrected chi connectivity index (χ4v) is 2.34. The van der Waals surface area contributed by atoms with Crippen molar-refractivity contribution in [2.75, 3.05) is 0 Å². The van der Waals surface area contributed by atoms with Crippen LogP contribution < -0.4 is 0 Å². The number of nitrogens with zero attached hydrogens (tertiary/aromatic N) is 2. The van der Waals surface area contributed by atoms with Gasteiger partial charge in [-0.2, -0.15) is 5.26 Å². The van der Waals surface area contributed by atoms with Gasteiger partial charge in [0.25, 0.3) is 0 Å². The van der Waals surface area contributed by atoms with Crippen LogP contribution in [0.15, 0.2) is 24.3 Å². The van der Waals surface area contributed by atoms with Crippen LogP contribution in [0.2, 0.25) is 5.02 Å². The van der Waals surface area contributed by atoms with Crippen molar-refractivity contribution < 1.29 is 0 Å². The van der Waals surface area contributed by atoms with Crippen LogP contribution in [0.3, 0.4) is 0 Å². The molecule has 0 unspecified atom stereocenters. The number of benzene rings is 1. The molecule has 3 heteroatoms. The molecule has 0 fully saturated rings. The third kappa shape index (κ3) is 1.94. The van der Waals surface area contributed by atoms with Crippen LogP contribution in [0.4, 0.5) is 0 Å². The van der Waals surface area contributed by atoms with Gasteiger partial charge in [0.05, 0.1) is 5.56 Å². The first kappa shape index (κ1) is 11.8. The zero-order valence-electron chi connectivity index (χ0n) is 10.1. The Balaban J connectivity index is 2.69. The fraction of sp³-hybridized carbons (Fsp3) is 0.214. The smallest absolute Gasteiger partial charge is 0.101 e. The molecule has 0 aliphatic rings. The van der Waals surface area contributed by atoms with E-state index in [9.17, 15) is 0 Å². The second kappa shape index (κ2) is 4.27. The van der Waals surface area contributed by atoms with Crippen molar-refractivity contribution in [3.05, 3.63) is 51.8 Å². The third-order valence-electron chi connectivity index (χ3n) is 2.95. The van der Waals surface area contributed by atoms with Crippen LogP contribution in [0.1, 0.15) is 22.5 Å². The summed E-state index contributed by atoms with van der Waals surface area (Å²) in [5, 5.41) is 9.76. The van der Waals surface area contributed by atoms with Crippen LogP contribution in [-0.2, 0) is 0 Å². The number of aromatic nitrogens is 1. The van der Waals surface area contributed by atoms with Gasteiger partial charge in [-0.15, -0.1) is 0 Å². The minimum absolute atomic E-state index is 0.719. The van der Waals surface area contributed by atoms with Gasteiger partial charge >= 0.3 is 0 Å². The third-order valence-corrected chi connectivity index (χ3v) is 3.19. The monoisotopic (exact) mass is 244 g/mol. The van der Waals surface area contributed by atoms with Crippen LogP contribution in [-0.4, -0.2) is 4.57 Å². The lowest BCUT2D eigenvalue weighted by molar-refractivity contribution is 0.953. The molecule has 17 heavy (non-hydrogen) atoms. The maximum absolute atomic E-state index is 9.03. The SMILES string of the molecule is Cc1cc(Cl)ccc1-n1c(C)cc(C#N)c1C. The Morgan fingerprint density at radius 1 is 1.18 bits per heavy atom. The van der Waals surface area contributed by atoms with Crippen LogP contribution in [0.5, 0.6) is 0 Å². The summed E-state index contributed by atoms with van der Waals surface area (Å²) in [7, 11) is 0. The lowest BCUT2D eigenvalue weighted by atomic mass is 10.2. The first-order valence-corrected chi connectivity index (χ1v) is 5.78. The second-order valence-corrected chi connectivity index (χ2v) is 4.60. The summed E-state index contributed by atoms with van der Waals surface area (Å²) in [5.74, 6) is 0. The highest BCUT2D eigenvalue weighted by Gasteiger charge is 2.11. The zero-order chi connectivity index (χ0) is 12.6. The Kier molecular flexibility index (Phi) is 2.95. The number of nitriles is 1. The van der Waals surface area contributed by atoms with Crippen molar-refractivity contribution in [3.63, 3.8) is 0 Å². The molecular formula is C14H13ClN2. The Hall–Kier alpha value is -1.72. The first-order chi connectivity index (χ1) is 8.04. The normalized spacial score (nSPS) is 10.3. The van der Waals surface area contributed by atoms with Crippen LogP contribution in [0, 0.1) is 32.1 Å². The van der Waals surface area contributed by atoms with Gasteiger partial charge in [0.2, 0.25) is 0 Å². The highest BCUT2D eigenvalue weighted by Crippen LogP contribution is 2.24. The summed E-state index contributed by atoms with van der Waals surface area (Å²) in [6.45, 7) is 5.98. The van der Waals surface area contributed by atoms with Gasteiger partial charge in [-0.25, -0.2) is 0 Å². The van der Waals surface area contributed by atoms with Crippen molar-refractivity contribution in [2.24, 2.45) is 0 Å². The van der Waals surface area contributed by atoms with Gasteiger partial charge in [0.1, 0.15) is 6.07 Å². The molecule has 0 atom stereocenters. The lowest BCUT2D eigenvalue weighted by Crippen LogP contribution is -2.01. The van der Waals surface area contributed by atoms with Crippen molar-refractivity contribution in [1.29, 1.82) is 5.26 Å². The van der Waals surface area contributed by atoms with Crippen LogP contribution in [0.25, 0.3) is 5.69 Å². The van der Waals surface area contributed by atoms with E-state index in [2.05, 4.69) is 10.6 Å². The summed E-state index contributed by atoms with van der Waals surface area (Å²) in [6.07, 6.45) is 0. The minimum Gasteiger partial charge on any atom is -0.317 e. The van der Waals surface area contributed by atoms with E-state index in [4.69, 9.17) is 16.9 Å². The molecular weight excluding hydrogens is 232 g/mol. The molecule has 2 aromatic rings. The molecule has 1 aromatic heterocycles. The van der Waals surface area contributed by atoms with E-state index in [0.717, 1.165) is 33.2 Å². The topological polar surface area (TPSA) is 28.7 Å². The van der Waals surface area contributed by atoms with Crippen molar-refractivity contribution in [1.82, 2.24) is 4.57 Å². The number of rotatable bonds is 1. The van der Waals surface area contributed by atoms with E-state index in [1.54, 1.807) is 0 Å². The van der Waals surface area contributed by atoms with Gasteiger partial charge in [0, 0.05) is 22.1 Å². The molecule has 86 valence electrons. The molecule has 0 N–H and O–H groups in total. The molecule has 0 saturated heterocycles. The summed E-state index contributed by atoms with van der Waals surface area (Å²) in [6, 6.07) is 9.90. The Bertz CT molecular complexity index is 618. The molecule has 0 saturated carbocycles. The fourth-order valence-electron chi connectivity index (χ4n) is 2.12. The average Bonchev–Trinajstić information content (AvgIpc) is 2.55. The summed E-state index contributed by atoms with van der Waals surface area (Å²) in [4.78, 5) is 0. The van der Waals surface area contributed by atoms with Gasteiger partial charge in [0.15, 0.2) is 0 Å². The molecule has 2 nitrogen and oxygen atoms in total. The summed E-state index contributed by atoms with van der Waals surface area (Å²) >= 11 is 5.95. The quantitative estimate of drug-likeness (QED) is 0.747. The maximum Gasteiger partial charge on any atom is 0.101 e. The van der Waals surface area contributed by atoms with E-state index in [1.807, 2.05) is 45.0 Å². The Labute approximate surface area is 106 Å². The van der Waals surface area contributed by atoms with E-state index in [-0.39, 0.29) is 0 Å². The second-order valence-electron chi connectivity index (χ2n) is 4.16. The molecule has 0 bridgehead atoms. The molecule has 0 radical (unpaired) electrons. The predicted molar refractivity (Wildman–Crippen MR) is 69.7 cm³/mol. The Morgan fingerprint density at radius 2 is 1.88 bits per heavy atom. The minimum atomic E-state index is 0.719. The molecule has 0 aliphatic carbocycles. The zero-order valence-corrected chi connectivity index (χ0v) is 10.8. The summed E-state index contributed by atoms with van der Waals surface area (Å²) in [5.41, 5.74) is 4.92. The summed E-state index contributed by atoms with van der Waals surface area (Å²) < 4.78 is 2.09. The molecule has 1 aromatic carbocycles. The molecule has 2 rings (SSSR count). The molecule has 0 aliphatic heterocycles. The first-order valence-electron chi connectivity index (χ1n) is 5.40. The highest BCUT2D eigenvalue weighted by atomic mass is 35.5. The van der Waals surface area contributed by atoms with Crippen LogP contribution >= 0.6 is 11.6 Å². The largest absolute Gasteiger partial charge is 0.317 e. The van der Waals surface area contributed by atoms with Gasteiger partial charge in [-0.1, -0.05) is 11.6 Å². The molecule has 1 heterocycles. The highest BCUT2D eigenvalue weighted by molar-refractivity contribution is 6.30. The standard InChI is InChI=1S/C14H13ClN2/c1-9-6-13(15)4-5-14(9)17-10(2)7-12(8-16)11(17)3/h4-7H,1-3H3. The van der Waals surface area contributed by atoms with Crippen molar-refractivity contribution in [2.45, 2.75) is 20.8 Å². The average molecular weight is 245 g/mol. The van der Waals surface area contributed by atoms with E-state index in [0.29, 0.717) is 0 Å².